The van der Waals surface area contributed by atoms with E-state index in [0.29, 0.717) is 30.1 Å². The zero-order valence-corrected chi connectivity index (χ0v) is 17.7. The van der Waals surface area contributed by atoms with Crippen molar-refractivity contribution < 1.29 is 23.9 Å². The highest BCUT2D eigenvalue weighted by atomic mass is 16.5. The van der Waals surface area contributed by atoms with Gasteiger partial charge in [-0.1, -0.05) is 13.8 Å². The Morgan fingerprint density at radius 2 is 1.61 bits per heavy atom. The molecule has 0 N–H and O–H groups in total. The first-order valence-electron chi connectivity index (χ1n) is 11.0. The zero-order chi connectivity index (χ0) is 20.3. The molecule has 0 saturated heterocycles. The number of hydrogen-bond acceptors (Lipinski definition) is 5. The van der Waals surface area contributed by atoms with Crippen molar-refractivity contribution >= 4 is 17.7 Å². The Balaban J connectivity index is 1.54. The molecule has 5 nitrogen and oxygen atoms in total. The molecule has 0 aromatic heterocycles. The number of carbonyl (C=O) groups is 3. The lowest BCUT2D eigenvalue weighted by molar-refractivity contribution is -0.160. The lowest BCUT2D eigenvalue weighted by Gasteiger charge is -2.60. The molecule has 0 bridgehead atoms. The summed E-state index contributed by atoms with van der Waals surface area (Å²) in [7, 11) is 0. The van der Waals surface area contributed by atoms with Crippen LogP contribution in [-0.4, -0.2) is 29.9 Å². The molecular formula is C23H34O5. The summed E-state index contributed by atoms with van der Waals surface area (Å²) in [4.78, 5) is 35.9. The van der Waals surface area contributed by atoms with Crippen LogP contribution in [0.4, 0.5) is 0 Å². The molecule has 0 amide bonds. The molecular weight excluding hydrogens is 356 g/mol. The van der Waals surface area contributed by atoms with Crippen LogP contribution in [-0.2, 0) is 23.9 Å². The van der Waals surface area contributed by atoms with Crippen molar-refractivity contribution in [3.05, 3.63) is 0 Å². The Hall–Kier alpha value is -1.39. The van der Waals surface area contributed by atoms with E-state index in [-0.39, 0.29) is 34.7 Å². The minimum atomic E-state index is -0.545. The van der Waals surface area contributed by atoms with Crippen LogP contribution in [0.1, 0.15) is 79.1 Å². The number of ketones is 1. The zero-order valence-electron chi connectivity index (χ0n) is 17.7. The molecule has 0 spiro atoms. The molecule has 28 heavy (non-hydrogen) atoms. The summed E-state index contributed by atoms with van der Waals surface area (Å²) in [5, 5.41) is 0. The second-order valence-electron chi connectivity index (χ2n) is 10.3. The van der Waals surface area contributed by atoms with Crippen molar-refractivity contribution in [3.63, 3.8) is 0 Å². The van der Waals surface area contributed by atoms with Crippen molar-refractivity contribution in [3.8, 4) is 0 Å². The summed E-state index contributed by atoms with van der Waals surface area (Å²) in [6.45, 7) is 7.46. The summed E-state index contributed by atoms with van der Waals surface area (Å²) in [5.74, 6) is 1.70. The third kappa shape index (κ3) is 3.00. The Labute approximate surface area is 167 Å². The van der Waals surface area contributed by atoms with Gasteiger partial charge in [-0.15, -0.1) is 0 Å². The summed E-state index contributed by atoms with van der Waals surface area (Å²) in [6, 6.07) is 0. The minimum Gasteiger partial charge on any atom is -0.463 e. The predicted molar refractivity (Wildman–Crippen MR) is 103 cm³/mol. The van der Waals surface area contributed by atoms with Gasteiger partial charge in [0.2, 0.25) is 0 Å². The molecule has 4 aliphatic carbocycles. The van der Waals surface area contributed by atoms with Crippen molar-refractivity contribution in [2.45, 2.75) is 91.3 Å². The molecule has 0 aromatic carbocycles. The summed E-state index contributed by atoms with van der Waals surface area (Å²) in [5.41, 5.74) is -0.0666. The van der Waals surface area contributed by atoms with Crippen LogP contribution >= 0.6 is 0 Å². The monoisotopic (exact) mass is 390 g/mol. The molecule has 156 valence electrons. The van der Waals surface area contributed by atoms with Crippen LogP contribution in [0.3, 0.4) is 0 Å². The fraction of sp³-hybridized carbons (Fsp3) is 0.870. The van der Waals surface area contributed by atoms with Crippen LogP contribution in [0.25, 0.3) is 0 Å². The molecule has 4 aliphatic rings. The molecule has 4 saturated carbocycles. The molecule has 4 rings (SSSR count). The third-order valence-corrected chi connectivity index (χ3v) is 8.97. The van der Waals surface area contributed by atoms with E-state index in [4.69, 9.17) is 9.47 Å². The van der Waals surface area contributed by atoms with Crippen LogP contribution in [0.2, 0.25) is 0 Å². The maximum atomic E-state index is 13.1. The van der Waals surface area contributed by atoms with Gasteiger partial charge in [-0.2, -0.15) is 0 Å². The Morgan fingerprint density at radius 3 is 2.29 bits per heavy atom. The molecule has 0 aliphatic heterocycles. The maximum absolute atomic E-state index is 13.1. The molecule has 0 radical (unpaired) electrons. The van der Waals surface area contributed by atoms with E-state index in [1.165, 1.54) is 13.8 Å². The average Bonchev–Trinajstić information content (AvgIpc) is 2.86. The van der Waals surface area contributed by atoms with E-state index >= 15 is 0 Å². The molecule has 0 heterocycles. The van der Waals surface area contributed by atoms with Crippen molar-refractivity contribution in [1.82, 2.24) is 0 Å². The van der Waals surface area contributed by atoms with Crippen LogP contribution in [0, 0.1) is 34.5 Å². The van der Waals surface area contributed by atoms with E-state index in [1.807, 2.05) is 0 Å². The van der Waals surface area contributed by atoms with Gasteiger partial charge in [-0.3, -0.25) is 14.4 Å². The largest absolute Gasteiger partial charge is 0.463 e. The fourth-order valence-corrected chi connectivity index (χ4v) is 7.63. The normalized spacial score (nSPS) is 47.5. The molecule has 0 unspecified atom stereocenters. The predicted octanol–water partition coefficient (Wildman–Crippen LogP) is 4.07. The molecule has 4 fully saturated rings. The maximum Gasteiger partial charge on any atom is 0.303 e. The Morgan fingerprint density at radius 1 is 0.893 bits per heavy atom. The van der Waals surface area contributed by atoms with Crippen LogP contribution in [0.15, 0.2) is 0 Å². The topological polar surface area (TPSA) is 69.7 Å². The van der Waals surface area contributed by atoms with Gasteiger partial charge >= 0.3 is 11.9 Å². The molecule has 0 aromatic rings. The average molecular weight is 391 g/mol. The van der Waals surface area contributed by atoms with Gasteiger partial charge in [0.05, 0.1) is 0 Å². The first-order valence-corrected chi connectivity index (χ1v) is 11.0. The Kier molecular flexibility index (Phi) is 4.86. The van der Waals surface area contributed by atoms with Crippen LogP contribution in [0.5, 0.6) is 0 Å². The van der Waals surface area contributed by atoms with Gasteiger partial charge in [0.1, 0.15) is 6.10 Å². The second kappa shape index (κ2) is 6.84. The minimum absolute atomic E-state index is 0.0717. The smallest absolute Gasteiger partial charge is 0.303 e. The number of esters is 2. The van der Waals surface area contributed by atoms with Crippen molar-refractivity contribution in [2.24, 2.45) is 34.5 Å². The van der Waals surface area contributed by atoms with E-state index in [2.05, 4.69) is 13.8 Å². The van der Waals surface area contributed by atoms with Crippen molar-refractivity contribution in [2.75, 3.05) is 0 Å². The molecule has 8 atom stereocenters. The first-order chi connectivity index (χ1) is 13.1. The highest BCUT2D eigenvalue weighted by molar-refractivity contribution is 5.92. The lowest BCUT2D eigenvalue weighted by atomic mass is 9.45. The number of rotatable bonds is 2. The van der Waals surface area contributed by atoms with E-state index < -0.39 is 6.10 Å². The quantitative estimate of drug-likeness (QED) is 0.665. The third-order valence-electron chi connectivity index (χ3n) is 8.97. The second-order valence-corrected chi connectivity index (χ2v) is 10.3. The van der Waals surface area contributed by atoms with Crippen molar-refractivity contribution in [1.29, 1.82) is 0 Å². The summed E-state index contributed by atoms with van der Waals surface area (Å²) >= 11 is 0. The van der Waals surface area contributed by atoms with Gasteiger partial charge < -0.3 is 9.47 Å². The molecule has 5 heteroatoms. The Bertz CT molecular complexity index is 686. The number of ether oxygens (including phenoxy) is 2. The summed E-state index contributed by atoms with van der Waals surface area (Å²) in [6.07, 6.45) is 7.54. The first kappa shape index (κ1) is 19.9. The fourth-order valence-electron chi connectivity index (χ4n) is 7.63. The number of fused-ring (bicyclic) bond motifs is 5. The lowest BCUT2D eigenvalue weighted by Crippen LogP contribution is -2.54. The van der Waals surface area contributed by atoms with E-state index in [0.717, 1.165) is 44.9 Å². The van der Waals surface area contributed by atoms with E-state index in [9.17, 15) is 14.4 Å². The van der Waals surface area contributed by atoms with Crippen LogP contribution < -0.4 is 0 Å². The number of Topliss-reactive ketones (excluding diaryl/α,β-unsaturated/α-hetero) is 1. The highest BCUT2D eigenvalue weighted by Gasteiger charge is 2.63. The summed E-state index contributed by atoms with van der Waals surface area (Å²) < 4.78 is 10.9. The van der Waals surface area contributed by atoms with Gasteiger partial charge in [0, 0.05) is 19.3 Å². The van der Waals surface area contributed by atoms with Gasteiger partial charge in [-0.05, 0) is 80.5 Å². The van der Waals surface area contributed by atoms with Gasteiger partial charge in [-0.25, -0.2) is 0 Å². The SMILES string of the molecule is CC(=O)O[C@H]1CC[C@@]2(C)[C@@H](CC[C@@H]3[C@@H]2CC[C@]2(C)C(=O)[C@@H](OC(C)=O)C[C@@H]32)C1. The standard InChI is InChI=1S/C23H34O5/c1-13(24)27-16-7-9-22(3)15(11-16)5-6-17-18(22)8-10-23(4)19(17)12-20(21(23)26)28-14(2)25/h15-20H,5-12H2,1-4H3/t15-,16-,17+,18-,19-,20-,22-,23-/m0/s1. The van der Waals surface area contributed by atoms with Gasteiger partial charge in [0.15, 0.2) is 11.9 Å². The highest BCUT2D eigenvalue weighted by Crippen LogP contribution is 2.65. The van der Waals surface area contributed by atoms with E-state index in [1.54, 1.807) is 0 Å². The number of carbonyl (C=O) groups excluding carboxylic acids is 3. The van der Waals surface area contributed by atoms with Gasteiger partial charge in [0.25, 0.3) is 0 Å². The number of hydrogen-bond donors (Lipinski definition) is 0.